The third kappa shape index (κ3) is 3.38. The highest BCUT2D eigenvalue weighted by Crippen LogP contribution is 2.42. The molecule has 1 aromatic carbocycles. The predicted molar refractivity (Wildman–Crippen MR) is 92.9 cm³/mol. The van der Waals surface area contributed by atoms with E-state index in [1.165, 1.54) is 18.4 Å². The summed E-state index contributed by atoms with van der Waals surface area (Å²) < 4.78 is 1.06. The Bertz CT molecular complexity index is 520. The highest BCUT2D eigenvalue weighted by Gasteiger charge is 2.42. The van der Waals surface area contributed by atoms with Gasteiger partial charge in [-0.1, -0.05) is 40.9 Å². The number of amides is 1. The Hall–Kier alpha value is -0.870. The van der Waals surface area contributed by atoms with E-state index in [1.807, 2.05) is 12.1 Å². The minimum absolute atomic E-state index is 0.230. The molecule has 120 valence electrons. The van der Waals surface area contributed by atoms with E-state index in [4.69, 9.17) is 0 Å². The van der Waals surface area contributed by atoms with Gasteiger partial charge in [-0.15, -0.1) is 0 Å². The Morgan fingerprint density at radius 3 is 2.82 bits per heavy atom. The second kappa shape index (κ2) is 7.14. The number of carbonyl (C=O) groups excluding carboxylic acids is 1. The number of carbonyl (C=O) groups is 1. The molecule has 4 heteroatoms. The zero-order valence-electron chi connectivity index (χ0n) is 13.0. The van der Waals surface area contributed by atoms with Crippen LogP contribution in [0, 0.1) is 5.92 Å². The van der Waals surface area contributed by atoms with Crippen molar-refractivity contribution in [2.24, 2.45) is 5.92 Å². The third-order valence-electron chi connectivity index (χ3n) is 5.22. The Balaban J connectivity index is 1.71. The van der Waals surface area contributed by atoms with Crippen LogP contribution in [0.4, 0.5) is 0 Å². The maximum atomic E-state index is 13.0. The van der Waals surface area contributed by atoms with Gasteiger partial charge in [0.25, 0.3) is 0 Å². The summed E-state index contributed by atoms with van der Waals surface area (Å²) in [5.74, 6) is 0.812. The molecule has 22 heavy (non-hydrogen) atoms. The largest absolute Gasteiger partial charge is 0.355 e. The van der Waals surface area contributed by atoms with E-state index < -0.39 is 0 Å². The van der Waals surface area contributed by atoms with Gasteiger partial charge < -0.3 is 10.6 Å². The summed E-state index contributed by atoms with van der Waals surface area (Å²) in [4.78, 5) is 13.0. The second-order valence-corrected chi connectivity index (χ2v) is 7.64. The fraction of sp³-hybridized carbons (Fsp3) is 0.611. The average molecular weight is 365 g/mol. The molecule has 1 amide bonds. The maximum Gasteiger partial charge on any atom is 0.230 e. The van der Waals surface area contributed by atoms with Crippen molar-refractivity contribution in [3.05, 3.63) is 34.3 Å². The lowest BCUT2D eigenvalue weighted by Gasteiger charge is -2.30. The lowest BCUT2D eigenvalue weighted by atomic mass is 9.78. The Morgan fingerprint density at radius 1 is 1.32 bits per heavy atom. The SMILES string of the molecule is O=C(NCC1CCCNC1)C1(c2cccc(Br)c2)CCCC1. The van der Waals surface area contributed by atoms with Crippen LogP contribution >= 0.6 is 15.9 Å². The number of hydrogen-bond donors (Lipinski definition) is 2. The first-order valence-corrected chi connectivity index (χ1v) is 9.25. The van der Waals surface area contributed by atoms with Crippen LogP contribution in [0.5, 0.6) is 0 Å². The van der Waals surface area contributed by atoms with Crippen LogP contribution < -0.4 is 10.6 Å². The van der Waals surface area contributed by atoms with Gasteiger partial charge >= 0.3 is 0 Å². The number of hydrogen-bond acceptors (Lipinski definition) is 2. The molecular formula is C18H25BrN2O. The van der Waals surface area contributed by atoms with Gasteiger partial charge in [0.2, 0.25) is 5.91 Å². The van der Waals surface area contributed by atoms with Gasteiger partial charge in [-0.2, -0.15) is 0 Å². The summed E-state index contributed by atoms with van der Waals surface area (Å²) in [7, 11) is 0. The van der Waals surface area contributed by atoms with Crippen molar-refractivity contribution >= 4 is 21.8 Å². The van der Waals surface area contributed by atoms with E-state index in [1.54, 1.807) is 0 Å². The summed E-state index contributed by atoms with van der Waals surface area (Å²) in [5.41, 5.74) is 0.852. The summed E-state index contributed by atoms with van der Waals surface area (Å²) in [5, 5.41) is 6.68. The standard InChI is InChI=1S/C18H25BrN2O/c19-16-7-3-6-15(11-16)18(8-1-2-9-18)17(22)21-13-14-5-4-10-20-12-14/h3,6-7,11,14,20H,1-2,4-5,8-10,12-13H2,(H,21,22). The quantitative estimate of drug-likeness (QED) is 0.859. The molecule has 1 aliphatic carbocycles. The highest BCUT2D eigenvalue weighted by molar-refractivity contribution is 9.10. The molecule has 1 aromatic rings. The fourth-order valence-electron chi connectivity index (χ4n) is 3.92. The molecule has 0 aromatic heterocycles. The van der Waals surface area contributed by atoms with Crippen molar-refractivity contribution in [1.82, 2.24) is 10.6 Å². The van der Waals surface area contributed by atoms with Gasteiger partial charge in [-0.3, -0.25) is 4.79 Å². The molecule has 1 saturated carbocycles. The topological polar surface area (TPSA) is 41.1 Å². The van der Waals surface area contributed by atoms with Crippen molar-refractivity contribution < 1.29 is 4.79 Å². The van der Waals surface area contributed by atoms with Gasteiger partial charge in [0, 0.05) is 11.0 Å². The van der Waals surface area contributed by atoms with E-state index in [2.05, 4.69) is 38.7 Å². The van der Waals surface area contributed by atoms with Crippen LogP contribution in [0.3, 0.4) is 0 Å². The summed E-state index contributed by atoms with van der Waals surface area (Å²) in [6.45, 7) is 2.96. The maximum absolute atomic E-state index is 13.0. The lowest BCUT2D eigenvalue weighted by molar-refractivity contribution is -0.126. The van der Waals surface area contributed by atoms with Crippen molar-refractivity contribution in [3.63, 3.8) is 0 Å². The number of piperidine rings is 1. The van der Waals surface area contributed by atoms with Crippen LogP contribution in [0.25, 0.3) is 0 Å². The second-order valence-electron chi connectivity index (χ2n) is 6.72. The van der Waals surface area contributed by atoms with Crippen LogP contribution in [0.2, 0.25) is 0 Å². The van der Waals surface area contributed by atoms with E-state index >= 15 is 0 Å². The Morgan fingerprint density at radius 2 is 2.14 bits per heavy atom. The first kappa shape index (κ1) is 16.0. The van der Waals surface area contributed by atoms with E-state index in [0.717, 1.165) is 49.8 Å². The van der Waals surface area contributed by atoms with E-state index in [0.29, 0.717) is 5.92 Å². The number of benzene rings is 1. The number of halogens is 1. The Kier molecular flexibility index (Phi) is 5.19. The summed E-state index contributed by atoms with van der Waals surface area (Å²) in [6, 6.07) is 8.29. The molecule has 0 spiro atoms. The van der Waals surface area contributed by atoms with Crippen LogP contribution in [0.15, 0.2) is 28.7 Å². The van der Waals surface area contributed by atoms with Crippen molar-refractivity contribution in [3.8, 4) is 0 Å². The van der Waals surface area contributed by atoms with Gasteiger partial charge in [-0.25, -0.2) is 0 Å². The molecule has 1 unspecified atom stereocenters. The smallest absolute Gasteiger partial charge is 0.230 e. The highest BCUT2D eigenvalue weighted by atomic mass is 79.9. The molecule has 1 atom stereocenters. The average Bonchev–Trinajstić information content (AvgIpc) is 3.05. The molecule has 3 rings (SSSR count). The van der Waals surface area contributed by atoms with Crippen LogP contribution in [0.1, 0.15) is 44.1 Å². The molecule has 1 saturated heterocycles. The van der Waals surface area contributed by atoms with Gasteiger partial charge in [0.15, 0.2) is 0 Å². The zero-order valence-corrected chi connectivity index (χ0v) is 14.6. The normalized spacial score (nSPS) is 24.1. The lowest BCUT2D eigenvalue weighted by Crippen LogP contribution is -2.46. The fourth-order valence-corrected chi connectivity index (χ4v) is 4.32. The zero-order chi connectivity index (χ0) is 15.4. The van der Waals surface area contributed by atoms with Crippen molar-refractivity contribution in [2.75, 3.05) is 19.6 Å². The number of rotatable bonds is 4. The molecule has 1 aliphatic heterocycles. The molecule has 2 aliphatic rings. The molecule has 3 nitrogen and oxygen atoms in total. The molecule has 0 radical (unpaired) electrons. The van der Waals surface area contributed by atoms with Gasteiger partial charge in [-0.05, 0) is 62.4 Å². The van der Waals surface area contributed by atoms with Crippen LogP contribution in [-0.4, -0.2) is 25.5 Å². The van der Waals surface area contributed by atoms with Crippen molar-refractivity contribution in [1.29, 1.82) is 0 Å². The van der Waals surface area contributed by atoms with E-state index in [9.17, 15) is 4.79 Å². The molecule has 2 N–H and O–H groups in total. The summed E-state index contributed by atoms with van der Waals surface area (Å²) >= 11 is 3.54. The minimum Gasteiger partial charge on any atom is -0.355 e. The first-order chi connectivity index (χ1) is 10.7. The van der Waals surface area contributed by atoms with Crippen molar-refractivity contribution in [2.45, 2.75) is 43.9 Å². The number of nitrogens with one attached hydrogen (secondary N) is 2. The monoisotopic (exact) mass is 364 g/mol. The molecule has 0 bridgehead atoms. The predicted octanol–water partition coefficient (Wildman–Crippen LogP) is 3.38. The molecule has 1 heterocycles. The minimum atomic E-state index is -0.314. The molecular weight excluding hydrogens is 340 g/mol. The van der Waals surface area contributed by atoms with E-state index in [-0.39, 0.29) is 11.3 Å². The third-order valence-corrected chi connectivity index (χ3v) is 5.71. The first-order valence-electron chi connectivity index (χ1n) is 8.46. The molecule has 2 fully saturated rings. The van der Waals surface area contributed by atoms with Gasteiger partial charge in [0.05, 0.1) is 5.41 Å². The Labute approximate surface area is 141 Å². The summed E-state index contributed by atoms with van der Waals surface area (Å²) in [6.07, 6.45) is 6.67. The van der Waals surface area contributed by atoms with Gasteiger partial charge in [0.1, 0.15) is 0 Å². The van der Waals surface area contributed by atoms with Crippen LogP contribution in [-0.2, 0) is 10.2 Å².